The molecule has 4 heteroatoms. The zero-order chi connectivity index (χ0) is 46.5. The van der Waals surface area contributed by atoms with Crippen LogP contribution in [0.15, 0.2) is 217 Å². The van der Waals surface area contributed by atoms with Crippen LogP contribution in [0.3, 0.4) is 0 Å². The number of allylic oxidation sites excluding steroid dienone is 1. The number of fused-ring (bicyclic) bond motifs is 12. The fraction of sp³-hybridized carbons (Fsp3) is 0.106. The number of benzene rings is 10. The second-order valence-electron chi connectivity index (χ2n) is 19.3. The minimum absolute atomic E-state index is 0.110. The summed E-state index contributed by atoms with van der Waals surface area (Å²) in [7, 11) is 0. The van der Waals surface area contributed by atoms with E-state index in [0.29, 0.717) is 0 Å². The van der Waals surface area contributed by atoms with Crippen LogP contribution in [0, 0.1) is 11.8 Å². The van der Waals surface area contributed by atoms with Gasteiger partial charge in [0.05, 0.1) is 22.8 Å². The average molecular weight is 933 g/mol. The quantitative estimate of drug-likeness (QED) is 0.158. The molecule has 0 spiro atoms. The molecule has 0 N–H and O–H groups in total. The molecule has 0 saturated carbocycles. The lowest BCUT2D eigenvalue weighted by molar-refractivity contribution is 0.514. The van der Waals surface area contributed by atoms with Gasteiger partial charge in [0.2, 0.25) is 0 Å². The highest BCUT2D eigenvalue weighted by atomic mass is 32.1. The first-order valence-corrected chi connectivity index (χ1v) is 26.3. The molecule has 0 fully saturated rings. The Morgan fingerprint density at radius 1 is 0.486 bits per heavy atom. The van der Waals surface area contributed by atoms with Gasteiger partial charge in [-0.25, -0.2) is 0 Å². The molecule has 3 aromatic heterocycles. The number of aromatic nitrogens is 1. The second-order valence-corrected chi connectivity index (χ2v) is 21.4. The highest BCUT2D eigenvalue weighted by molar-refractivity contribution is 7.26. The first kappa shape index (κ1) is 41.4. The topological polar surface area (TPSA) is 17.3 Å². The van der Waals surface area contributed by atoms with Gasteiger partial charge in [-0.2, -0.15) is 0 Å². The summed E-state index contributed by atoms with van der Waals surface area (Å²) in [4.78, 5) is 6.30. The molecule has 334 valence electrons. The molecule has 3 atom stereocenters. The van der Waals surface area contributed by atoms with E-state index in [-0.39, 0.29) is 17.9 Å². The number of thiophene rings is 2. The third-order valence-electron chi connectivity index (χ3n) is 15.2. The Labute approximate surface area is 415 Å². The highest BCUT2D eigenvalue weighted by Crippen LogP contribution is 2.47. The van der Waals surface area contributed by atoms with Crippen LogP contribution in [-0.4, -0.2) is 10.3 Å². The Morgan fingerprint density at radius 2 is 1.13 bits per heavy atom. The van der Waals surface area contributed by atoms with Crippen LogP contribution in [-0.2, 0) is 0 Å². The maximum absolute atomic E-state index is 6.30. The third kappa shape index (κ3) is 6.61. The molecule has 10 aromatic carbocycles. The molecule has 0 amide bonds. The monoisotopic (exact) mass is 932 g/mol. The van der Waals surface area contributed by atoms with Crippen molar-refractivity contribution in [3.05, 3.63) is 229 Å². The maximum Gasteiger partial charge on any atom is 0.0821 e. The van der Waals surface area contributed by atoms with E-state index in [2.05, 4.69) is 231 Å². The lowest BCUT2D eigenvalue weighted by Crippen LogP contribution is -2.23. The molecule has 3 unspecified atom stereocenters. The molecule has 1 aliphatic heterocycles. The smallest absolute Gasteiger partial charge is 0.0821 e. The molecule has 0 bridgehead atoms. The molecule has 4 heterocycles. The molecule has 1 aliphatic rings. The predicted octanol–water partition coefficient (Wildman–Crippen LogP) is 19.2. The Hall–Kier alpha value is -7.63. The minimum atomic E-state index is -0.144. The van der Waals surface area contributed by atoms with E-state index in [1.54, 1.807) is 0 Å². The van der Waals surface area contributed by atoms with Crippen LogP contribution < -0.4 is 0 Å². The first-order chi connectivity index (χ1) is 34.6. The van der Waals surface area contributed by atoms with Crippen molar-refractivity contribution >= 4 is 118 Å². The number of hydrogen-bond acceptors (Lipinski definition) is 3. The fourth-order valence-corrected chi connectivity index (χ4v) is 14.1. The number of rotatable bonds is 6. The van der Waals surface area contributed by atoms with E-state index >= 15 is 0 Å². The predicted molar refractivity (Wildman–Crippen MR) is 305 cm³/mol. The Balaban J connectivity index is 1.06. The van der Waals surface area contributed by atoms with Crippen molar-refractivity contribution in [1.82, 2.24) is 4.57 Å². The summed E-state index contributed by atoms with van der Waals surface area (Å²) < 4.78 is 7.82. The molecular weight excluding hydrogens is 885 g/mol. The molecule has 13 aromatic rings. The SMILES string of the molecule is CCC1/C(c2cccc(-c3ccccc3)c2)=C/CC(C)C(c2cc3sc4ccccc4c3cc2-n2c3cc4ccccc4cc3c3c4ccccc4ccc32)=NC1c1ccc2sc3ccccc3c2c1. The van der Waals surface area contributed by atoms with Crippen LogP contribution in [0.2, 0.25) is 0 Å². The highest BCUT2D eigenvalue weighted by Gasteiger charge is 2.32. The number of hydrogen-bond donors (Lipinski definition) is 0. The van der Waals surface area contributed by atoms with Crippen molar-refractivity contribution in [1.29, 1.82) is 0 Å². The van der Waals surface area contributed by atoms with Gasteiger partial charge in [-0.3, -0.25) is 4.99 Å². The van der Waals surface area contributed by atoms with Crippen molar-refractivity contribution in [3.8, 4) is 16.8 Å². The standard InChI is InChI=1S/C66H48N2S2/c1-3-48-49(46-22-15-21-43(34-46)41-16-5-4-6-17-41)31-28-40(2)65(67-66(48)47-30-33-62-53(36-47)51-24-11-13-26-60(51)69-62)56-39-63-54(52-25-12-14-27-61(52)70-63)38-59(56)68-57-32-29-42-18-9-10-23-50(42)64(57)55-35-44-19-7-8-20-45(44)37-58(55)68/h4-27,29-40,48,66H,3,28H2,1-2H3/b49-31+,67-65?. The van der Waals surface area contributed by atoms with E-state index < -0.39 is 0 Å². The number of nitrogens with zero attached hydrogens (tertiary/aromatic N) is 2. The van der Waals surface area contributed by atoms with Crippen LogP contribution in [0.1, 0.15) is 49.4 Å². The summed E-state index contributed by atoms with van der Waals surface area (Å²) >= 11 is 3.78. The van der Waals surface area contributed by atoms with Gasteiger partial charge in [-0.15, -0.1) is 22.7 Å². The van der Waals surface area contributed by atoms with Gasteiger partial charge in [0.25, 0.3) is 0 Å². The molecule has 14 rings (SSSR count). The Kier molecular flexibility index (Phi) is 9.76. The van der Waals surface area contributed by atoms with Gasteiger partial charge < -0.3 is 4.57 Å². The van der Waals surface area contributed by atoms with Crippen molar-refractivity contribution in [2.75, 3.05) is 0 Å². The van der Waals surface area contributed by atoms with Gasteiger partial charge in [0.1, 0.15) is 0 Å². The molecule has 2 nitrogen and oxygen atoms in total. The summed E-state index contributed by atoms with van der Waals surface area (Å²) in [5.41, 5.74) is 12.4. The van der Waals surface area contributed by atoms with Crippen molar-refractivity contribution < 1.29 is 0 Å². The van der Waals surface area contributed by atoms with Gasteiger partial charge in [0, 0.05) is 74.2 Å². The lowest BCUT2D eigenvalue weighted by atomic mass is 9.78. The van der Waals surface area contributed by atoms with E-state index in [4.69, 9.17) is 4.99 Å². The van der Waals surface area contributed by atoms with E-state index in [0.717, 1.165) is 18.6 Å². The molecular formula is C66H48N2S2. The minimum Gasteiger partial charge on any atom is -0.309 e. The second kappa shape index (κ2) is 16.5. The van der Waals surface area contributed by atoms with Gasteiger partial charge in [-0.05, 0) is 123 Å². The van der Waals surface area contributed by atoms with E-state index in [1.807, 2.05) is 22.7 Å². The summed E-state index contributed by atoms with van der Waals surface area (Å²) in [5.74, 6) is 0.233. The van der Waals surface area contributed by atoms with Crippen molar-refractivity contribution in [3.63, 3.8) is 0 Å². The Morgan fingerprint density at radius 3 is 1.91 bits per heavy atom. The van der Waals surface area contributed by atoms with E-state index in [1.165, 1.54) is 123 Å². The average Bonchev–Trinajstić information content (AvgIpc) is 4.08. The van der Waals surface area contributed by atoms with Crippen molar-refractivity contribution in [2.45, 2.75) is 32.7 Å². The summed E-state index contributed by atoms with van der Waals surface area (Å²) in [6.45, 7) is 4.78. The summed E-state index contributed by atoms with van der Waals surface area (Å²) in [6.07, 6.45) is 4.39. The lowest BCUT2D eigenvalue weighted by Gasteiger charge is -2.32. The maximum atomic E-state index is 6.30. The largest absolute Gasteiger partial charge is 0.309 e. The normalized spacial score (nSPS) is 17.5. The van der Waals surface area contributed by atoms with Crippen molar-refractivity contribution in [2.24, 2.45) is 16.8 Å². The van der Waals surface area contributed by atoms with Crippen LogP contribution in [0.5, 0.6) is 0 Å². The van der Waals surface area contributed by atoms with Crippen LogP contribution >= 0.6 is 22.7 Å². The van der Waals surface area contributed by atoms with Gasteiger partial charge in [0.15, 0.2) is 0 Å². The number of aliphatic imine (C=N–C) groups is 1. The molecule has 0 radical (unpaired) electrons. The zero-order valence-electron chi connectivity index (χ0n) is 39.1. The van der Waals surface area contributed by atoms with Gasteiger partial charge in [-0.1, -0.05) is 166 Å². The molecule has 0 aliphatic carbocycles. The van der Waals surface area contributed by atoms with Crippen LogP contribution in [0.25, 0.3) is 106 Å². The summed E-state index contributed by atoms with van der Waals surface area (Å²) in [6, 6.07) is 77.2. The molecule has 70 heavy (non-hydrogen) atoms. The zero-order valence-corrected chi connectivity index (χ0v) is 40.7. The summed E-state index contributed by atoms with van der Waals surface area (Å²) in [5, 5.41) is 12.8. The first-order valence-electron chi connectivity index (χ1n) is 24.7. The van der Waals surface area contributed by atoms with E-state index in [9.17, 15) is 0 Å². The third-order valence-corrected chi connectivity index (χ3v) is 17.5. The van der Waals surface area contributed by atoms with Crippen LogP contribution in [0.4, 0.5) is 0 Å². The fourth-order valence-electron chi connectivity index (χ4n) is 11.8. The Bertz CT molecular complexity index is 4300. The molecule has 0 saturated heterocycles. The van der Waals surface area contributed by atoms with Gasteiger partial charge >= 0.3 is 0 Å².